The van der Waals surface area contributed by atoms with Gasteiger partial charge in [0.1, 0.15) is 16.5 Å². The van der Waals surface area contributed by atoms with Crippen molar-refractivity contribution in [3.05, 3.63) is 51.4 Å². The van der Waals surface area contributed by atoms with E-state index >= 15 is 0 Å². The maximum atomic E-state index is 5.91. The Morgan fingerprint density at radius 1 is 1.27 bits per heavy atom. The van der Waals surface area contributed by atoms with E-state index in [0.29, 0.717) is 12.5 Å². The number of halogens is 1. The standard InChI is InChI=1S/C17H14BrNO2S/c1-20-13-3-5-15-10(7-13)6-11(9-21-15)17-19-14-4-2-12(18)8-16(14)22-17/h2-5,7-8,11H,6,9H2,1H3. The first kappa shape index (κ1) is 14.0. The number of ether oxygens (including phenoxy) is 2. The van der Waals surface area contributed by atoms with Gasteiger partial charge in [0.05, 0.1) is 23.9 Å². The molecule has 1 aliphatic heterocycles. The molecule has 0 spiro atoms. The molecule has 0 saturated carbocycles. The maximum Gasteiger partial charge on any atom is 0.122 e. The fourth-order valence-corrected chi connectivity index (χ4v) is 4.35. The predicted molar refractivity (Wildman–Crippen MR) is 92.3 cm³/mol. The number of nitrogens with zero attached hydrogens (tertiary/aromatic N) is 1. The molecule has 3 aromatic rings. The van der Waals surface area contributed by atoms with Crippen LogP contribution in [0, 0.1) is 0 Å². The van der Waals surface area contributed by atoms with E-state index in [4.69, 9.17) is 14.5 Å². The van der Waals surface area contributed by atoms with Gasteiger partial charge in [-0.3, -0.25) is 0 Å². The predicted octanol–water partition coefficient (Wildman–Crippen LogP) is 4.79. The van der Waals surface area contributed by atoms with Crippen LogP contribution in [0.3, 0.4) is 0 Å². The van der Waals surface area contributed by atoms with Gasteiger partial charge in [-0.25, -0.2) is 4.98 Å². The van der Waals surface area contributed by atoms with Crippen LogP contribution in [-0.4, -0.2) is 18.7 Å². The minimum Gasteiger partial charge on any atom is -0.497 e. The normalized spacial score (nSPS) is 17.1. The molecule has 0 radical (unpaired) electrons. The van der Waals surface area contributed by atoms with Crippen LogP contribution in [0.4, 0.5) is 0 Å². The number of hydrogen-bond donors (Lipinski definition) is 0. The summed E-state index contributed by atoms with van der Waals surface area (Å²) in [6.07, 6.45) is 0.938. The third kappa shape index (κ3) is 2.48. The highest BCUT2D eigenvalue weighted by molar-refractivity contribution is 9.10. The fraction of sp³-hybridized carbons (Fsp3) is 0.235. The number of rotatable bonds is 2. The Labute approximate surface area is 141 Å². The Hall–Kier alpha value is -1.59. The summed E-state index contributed by atoms with van der Waals surface area (Å²) < 4.78 is 13.5. The number of thiazole rings is 1. The first-order valence-electron chi connectivity index (χ1n) is 7.08. The van der Waals surface area contributed by atoms with Crippen LogP contribution >= 0.6 is 27.3 Å². The molecule has 5 heteroatoms. The van der Waals surface area contributed by atoms with Gasteiger partial charge in [-0.15, -0.1) is 11.3 Å². The van der Waals surface area contributed by atoms with E-state index in [1.807, 2.05) is 18.2 Å². The Morgan fingerprint density at radius 3 is 3.05 bits per heavy atom. The Bertz CT molecular complexity index is 846. The highest BCUT2D eigenvalue weighted by Gasteiger charge is 2.24. The molecule has 22 heavy (non-hydrogen) atoms. The molecule has 0 N–H and O–H groups in total. The quantitative estimate of drug-likeness (QED) is 0.645. The van der Waals surface area contributed by atoms with Crippen molar-refractivity contribution >= 4 is 37.5 Å². The zero-order valence-corrected chi connectivity index (χ0v) is 14.4. The lowest BCUT2D eigenvalue weighted by Crippen LogP contribution is -2.19. The minimum atomic E-state index is 0.302. The molecule has 0 saturated heterocycles. The van der Waals surface area contributed by atoms with Gasteiger partial charge in [-0.05, 0) is 48.4 Å². The van der Waals surface area contributed by atoms with Gasteiger partial charge in [0, 0.05) is 10.4 Å². The zero-order valence-electron chi connectivity index (χ0n) is 12.0. The number of fused-ring (bicyclic) bond motifs is 2. The van der Waals surface area contributed by atoms with Crippen molar-refractivity contribution in [2.24, 2.45) is 0 Å². The molecule has 0 bridgehead atoms. The molecule has 112 valence electrons. The van der Waals surface area contributed by atoms with E-state index in [-0.39, 0.29) is 0 Å². The van der Waals surface area contributed by atoms with Crippen LogP contribution < -0.4 is 9.47 Å². The SMILES string of the molecule is COc1ccc2c(c1)CC(c1nc3ccc(Br)cc3s1)CO2. The summed E-state index contributed by atoms with van der Waals surface area (Å²) in [5.74, 6) is 2.13. The molecular weight excluding hydrogens is 362 g/mol. The van der Waals surface area contributed by atoms with Gasteiger partial charge >= 0.3 is 0 Å². The summed E-state index contributed by atoms with van der Waals surface area (Å²) in [4.78, 5) is 4.78. The molecule has 0 fully saturated rings. The van der Waals surface area contributed by atoms with E-state index in [9.17, 15) is 0 Å². The smallest absolute Gasteiger partial charge is 0.122 e. The molecule has 4 rings (SSSR count). The lowest BCUT2D eigenvalue weighted by atomic mass is 9.97. The highest BCUT2D eigenvalue weighted by atomic mass is 79.9. The average Bonchev–Trinajstić information content (AvgIpc) is 2.96. The summed E-state index contributed by atoms with van der Waals surface area (Å²) in [5.41, 5.74) is 2.25. The topological polar surface area (TPSA) is 31.4 Å². The summed E-state index contributed by atoms with van der Waals surface area (Å²) in [6, 6.07) is 12.2. The van der Waals surface area contributed by atoms with Crippen molar-refractivity contribution in [1.82, 2.24) is 4.98 Å². The number of aromatic nitrogens is 1. The summed E-state index contributed by atoms with van der Waals surface area (Å²) in [6.45, 7) is 0.681. The first-order valence-corrected chi connectivity index (χ1v) is 8.69. The van der Waals surface area contributed by atoms with Gasteiger partial charge in [0.25, 0.3) is 0 Å². The molecule has 1 unspecified atom stereocenters. The Balaban J connectivity index is 1.67. The molecular formula is C17H14BrNO2S. The molecule has 3 nitrogen and oxygen atoms in total. The van der Waals surface area contributed by atoms with E-state index < -0.39 is 0 Å². The summed E-state index contributed by atoms with van der Waals surface area (Å²) in [7, 11) is 1.69. The third-order valence-electron chi connectivity index (χ3n) is 3.89. The number of hydrogen-bond acceptors (Lipinski definition) is 4. The zero-order chi connectivity index (χ0) is 15.1. The first-order chi connectivity index (χ1) is 10.7. The Morgan fingerprint density at radius 2 is 2.18 bits per heavy atom. The largest absolute Gasteiger partial charge is 0.497 e. The summed E-state index contributed by atoms with van der Waals surface area (Å²) in [5, 5.41) is 1.14. The van der Waals surface area contributed by atoms with E-state index in [2.05, 4.69) is 34.1 Å². The van der Waals surface area contributed by atoms with Gasteiger partial charge in [-0.2, -0.15) is 0 Å². The molecule has 1 aliphatic rings. The lowest BCUT2D eigenvalue weighted by Gasteiger charge is -2.24. The minimum absolute atomic E-state index is 0.302. The van der Waals surface area contributed by atoms with Crippen LogP contribution in [-0.2, 0) is 6.42 Å². The van der Waals surface area contributed by atoms with Gasteiger partial charge < -0.3 is 9.47 Å². The molecule has 1 aromatic heterocycles. The average molecular weight is 376 g/mol. The van der Waals surface area contributed by atoms with Crippen molar-refractivity contribution in [3.8, 4) is 11.5 Å². The molecule has 1 atom stereocenters. The third-order valence-corrected chi connectivity index (χ3v) is 5.56. The van der Waals surface area contributed by atoms with Crippen LogP contribution in [0.1, 0.15) is 16.5 Å². The highest BCUT2D eigenvalue weighted by Crippen LogP contribution is 2.37. The molecule has 0 amide bonds. The summed E-state index contributed by atoms with van der Waals surface area (Å²) >= 11 is 5.27. The molecule has 0 aliphatic carbocycles. The number of methoxy groups -OCH3 is 1. The van der Waals surface area contributed by atoms with Crippen LogP contribution in [0.2, 0.25) is 0 Å². The van der Waals surface area contributed by atoms with Gasteiger partial charge in [0.15, 0.2) is 0 Å². The number of benzene rings is 2. The fourth-order valence-electron chi connectivity index (χ4n) is 2.75. The Kier molecular flexibility index (Phi) is 3.54. The molecule has 2 heterocycles. The van der Waals surface area contributed by atoms with Crippen LogP contribution in [0.25, 0.3) is 10.2 Å². The van der Waals surface area contributed by atoms with E-state index in [0.717, 1.165) is 32.9 Å². The van der Waals surface area contributed by atoms with Gasteiger partial charge in [0.2, 0.25) is 0 Å². The van der Waals surface area contributed by atoms with Crippen molar-refractivity contribution < 1.29 is 9.47 Å². The van der Waals surface area contributed by atoms with E-state index in [1.165, 1.54) is 10.3 Å². The van der Waals surface area contributed by atoms with Crippen molar-refractivity contribution in [2.45, 2.75) is 12.3 Å². The van der Waals surface area contributed by atoms with E-state index in [1.54, 1.807) is 18.4 Å². The second-order valence-electron chi connectivity index (χ2n) is 5.35. The van der Waals surface area contributed by atoms with Crippen molar-refractivity contribution in [2.75, 3.05) is 13.7 Å². The van der Waals surface area contributed by atoms with Gasteiger partial charge in [-0.1, -0.05) is 15.9 Å². The monoisotopic (exact) mass is 375 g/mol. The van der Waals surface area contributed by atoms with Crippen LogP contribution in [0.15, 0.2) is 40.9 Å². The molecule has 2 aromatic carbocycles. The maximum absolute atomic E-state index is 5.91. The second-order valence-corrected chi connectivity index (χ2v) is 7.33. The van der Waals surface area contributed by atoms with Crippen LogP contribution in [0.5, 0.6) is 11.5 Å². The van der Waals surface area contributed by atoms with Crippen molar-refractivity contribution in [3.63, 3.8) is 0 Å². The lowest BCUT2D eigenvalue weighted by molar-refractivity contribution is 0.261. The second kappa shape index (κ2) is 5.56. The van der Waals surface area contributed by atoms with Crippen molar-refractivity contribution in [1.29, 1.82) is 0 Å².